The van der Waals surface area contributed by atoms with E-state index in [2.05, 4.69) is 23.1 Å². The predicted octanol–water partition coefficient (Wildman–Crippen LogP) is 1.88. The van der Waals surface area contributed by atoms with Gasteiger partial charge in [0.15, 0.2) is 0 Å². The van der Waals surface area contributed by atoms with Crippen LogP contribution in [0.3, 0.4) is 0 Å². The molecule has 0 saturated carbocycles. The number of hydrogen-bond acceptors (Lipinski definition) is 3. The first kappa shape index (κ1) is 10.4. The molecule has 0 amide bonds. The quantitative estimate of drug-likeness (QED) is 0.711. The van der Waals surface area contributed by atoms with Crippen LogP contribution in [-0.4, -0.2) is 11.0 Å². The molecule has 74 valence electrons. The lowest BCUT2D eigenvalue weighted by molar-refractivity contribution is 0.753. The van der Waals surface area contributed by atoms with Crippen molar-refractivity contribution < 1.29 is 0 Å². The van der Waals surface area contributed by atoms with E-state index in [4.69, 9.17) is 12.2 Å². The lowest BCUT2D eigenvalue weighted by Gasteiger charge is -2.13. The van der Waals surface area contributed by atoms with Gasteiger partial charge in [-0.25, -0.2) is 4.98 Å². The summed E-state index contributed by atoms with van der Waals surface area (Å²) in [5.74, 6) is 3.34. The third-order valence-electron chi connectivity index (χ3n) is 1.93. The molecule has 0 aliphatic heterocycles. The number of rotatable bonds is 4. The van der Waals surface area contributed by atoms with Crippen LogP contribution in [0.15, 0.2) is 18.3 Å². The fourth-order valence-corrected chi connectivity index (χ4v) is 1.19. The van der Waals surface area contributed by atoms with Crippen LogP contribution >= 0.6 is 0 Å². The molecule has 14 heavy (non-hydrogen) atoms. The van der Waals surface area contributed by atoms with Crippen molar-refractivity contribution >= 4 is 11.5 Å². The molecule has 0 aromatic carbocycles. The number of hydrogen-bond donors (Lipinski definition) is 2. The largest absolute Gasteiger partial charge is 0.396 e. The van der Waals surface area contributed by atoms with E-state index in [1.165, 1.54) is 0 Å². The smallest absolute Gasteiger partial charge is 0.150 e. The fourth-order valence-electron chi connectivity index (χ4n) is 1.19. The second-order valence-electron chi connectivity index (χ2n) is 3.09. The molecular formula is C11H15N3. The van der Waals surface area contributed by atoms with E-state index < -0.39 is 0 Å². The minimum Gasteiger partial charge on any atom is -0.396 e. The van der Waals surface area contributed by atoms with Gasteiger partial charge in [0.05, 0.1) is 11.7 Å². The van der Waals surface area contributed by atoms with Gasteiger partial charge in [-0.15, -0.1) is 6.42 Å². The van der Waals surface area contributed by atoms with Gasteiger partial charge in [-0.05, 0) is 18.6 Å². The number of nitrogens with zero attached hydrogens (tertiary/aromatic N) is 1. The Hall–Kier alpha value is -1.69. The highest BCUT2D eigenvalue weighted by Gasteiger charge is 2.05. The van der Waals surface area contributed by atoms with Gasteiger partial charge in [0.1, 0.15) is 5.82 Å². The van der Waals surface area contributed by atoms with Crippen LogP contribution in [0, 0.1) is 12.3 Å². The van der Waals surface area contributed by atoms with Crippen molar-refractivity contribution in [1.29, 1.82) is 0 Å². The highest BCUT2D eigenvalue weighted by atomic mass is 15.0. The van der Waals surface area contributed by atoms with Crippen LogP contribution in [0.4, 0.5) is 11.5 Å². The van der Waals surface area contributed by atoms with Crippen LogP contribution in [0.25, 0.3) is 0 Å². The summed E-state index contributed by atoms with van der Waals surface area (Å²) >= 11 is 0. The summed E-state index contributed by atoms with van der Waals surface area (Å²) in [6.45, 7) is 2.09. The fraction of sp³-hybridized carbons (Fsp3) is 0.364. The Balaban J connectivity index is 2.68. The minimum atomic E-state index is 0.0113. The number of aromatic nitrogens is 1. The molecule has 1 aromatic heterocycles. The zero-order valence-corrected chi connectivity index (χ0v) is 8.33. The second-order valence-corrected chi connectivity index (χ2v) is 3.09. The normalized spacial score (nSPS) is 11.7. The summed E-state index contributed by atoms with van der Waals surface area (Å²) in [5, 5.41) is 3.13. The van der Waals surface area contributed by atoms with Crippen molar-refractivity contribution in [1.82, 2.24) is 4.98 Å². The van der Waals surface area contributed by atoms with E-state index in [1.807, 2.05) is 0 Å². The lowest BCUT2D eigenvalue weighted by Crippen LogP contribution is -2.18. The maximum atomic E-state index is 5.73. The van der Waals surface area contributed by atoms with Gasteiger partial charge in [-0.2, -0.15) is 0 Å². The molecular weight excluding hydrogens is 174 g/mol. The van der Waals surface area contributed by atoms with Crippen LogP contribution < -0.4 is 11.1 Å². The highest BCUT2D eigenvalue weighted by Crippen LogP contribution is 2.15. The van der Waals surface area contributed by atoms with Gasteiger partial charge in [-0.1, -0.05) is 19.3 Å². The first-order valence-electron chi connectivity index (χ1n) is 4.71. The van der Waals surface area contributed by atoms with E-state index in [-0.39, 0.29) is 6.04 Å². The Labute approximate surface area is 84.7 Å². The second kappa shape index (κ2) is 5.13. The van der Waals surface area contributed by atoms with Gasteiger partial charge in [0.2, 0.25) is 0 Å². The Morgan fingerprint density at radius 3 is 3.07 bits per heavy atom. The zero-order chi connectivity index (χ0) is 10.4. The summed E-state index contributed by atoms with van der Waals surface area (Å²) in [6.07, 6.45) is 9.03. The van der Waals surface area contributed by atoms with Crippen LogP contribution in [-0.2, 0) is 0 Å². The molecule has 1 heterocycles. The van der Waals surface area contributed by atoms with Gasteiger partial charge in [-0.3, -0.25) is 0 Å². The summed E-state index contributed by atoms with van der Waals surface area (Å²) in [5.41, 5.74) is 6.35. The van der Waals surface area contributed by atoms with Gasteiger partial charge in [0.25, 0.3) is 0 Å². The molecule has 0 aliphatic rings. The van der Waals surface area contributed by atoms with Crippen molar-refractivity contribution in [2.24, 2.45) is 0 Å². The Bertz CT molecular complexity index is 328. The Morgan fingerprint density at radius 2 is 2.50 bits per heavy atom. The van der Waals surface area contributed by atoms with Crippen LogP contribution in [0.2, 0.25) is 0 Å². The zero-order valence-electron chi connectivity index (χ0n) is 8.33. The van der Waals surface area contributed by atoms with E-state index >= 15 is 0 Å². The summed E-state index contributed by atoms with van der Waals surface area (Å²) in [6, 6.07) is 3.61. The minimum absolute atomic E-state index is 0.0113. The molecule has 1 atom stereocenters. The van der Waals surface area contributed by atoms with E-state index in [1.54, 1.807) is 18.3 Å². The van der Waals surface area contributed by atoms with Crippen molar-refractivity contribution in [2.45, 2.75) is 25.8 Å². The summed E-state index contributed by atoms with van der Waals surface area (Å²) < 4.78 is 0. The molecule has 0 spiro atoms. The van der Waals surface area contributed by atoms with Crippen molar-refractivity contribution in [2.75, 3.05) is 11.1 Å². The van der Waals surface area contributed by atoms with E-state index in [0.29, 0.717) is 11.5 Å². The maximum absolute atomic E-state index is 5.73. The average Bonchev–Trinajstić information content (AvgIpc) is 2.20. The Morgan fingerprint density at radius 1 is 1.71 bits per heavy atom. The summed E-state index contributed by atoms with van der Waals surface area (Å²) in [4.78, 5) is 4.12. The Kier molecular flexibility index (Phi) is 3.81. The molecule has 0 bridgehead atoms. The third-order valence-corrected chi connectivity index (χ3v) is 1.93. The first-order valence-corrected chi connectivity index (χ1v) is 4.71. The molecule has 0 fully saturated rings. The van der Waals surface area contributed by atoms with Crippen molar-refractivity contribution in [3.8, 4) is 12.3 Å². The molecule has 0 aliphatic carbocycles. The first-order chi connectivity index (χ1) is 6.77. The number of nitrogens with one attached hydrogen (secondary N) is 1. The average molecular weight is 189 g/mol. The van der Waals surface area contributed by atoms with Crippen LogP contribution in [0.1, 0.15) is 19.8 Å². The van der Waals surface area contributed by atoms with Gasteiger partial charge >= 0.3 is 0 Å². The topological polar surface area (TPSA) is 50.9 Å². The number of anilines is 2. The van der Waals surface area contributed by atoms with Gasteiger partial charge < -0.3 is 11.1 Å². The SMILES string of the molecule is C#CC(CCC)Nc1ncccc1N. The third kappa shape index (κ3) is 2.67. The molecule has 1 rings (SSSR count). The molecule has 1 aromatic rings. The molecule has 0 radical (unpaired) electrons. The number of pyridine rings is 1. The molecule has 3 heteroatoms. The molecule has 0 saturated heterocycles. The van der Waals surface area contributed by atoms with Crippen LogP contribution in [0.5, 0.6) is 0 Å². The number of nitrogen functional groups attached to an aromatic ring is 1. The standard InChI is InChI=1S/C11H15N3/c1-3-6-9(4-2)14-11-10(12)7-5-8-13-11/h2,5,7-9H,3,6,12H2,1H3,(H,13,14). The van der Waals surface area contributed by atoms with E-state index in [0.717, 1.165) is 12.8 Å². The van der Waals surface area contributed by atoms with Crippen molar-refractivity contribution in [3.05, 3.63) is 18.3 Å². The molecule has 3 N–H and O–H groups in total. The summed E-state index contributed by atoms with van der Waals surface area (Å²) in [7, 11) is 0. The monoisotopic (exact) mass is 189 g/mol. The molecule has 1 unspecified atom stereocenters. The van der Waals surface area contributed by atoms with E-state index in [9.17, 15) is 0 Å². The predicted molar refractivity (Wildman–Crippen MR) is 59.8 cm³/mol. The lowest BCUT2D eigenvalue weighted by atomic mass is 10.2. The highest BCUT2D eigenvalue weighted by molar-refractivity contribution is 5.61. The maximum Gasteiger partial charge on any atom is 0.150 e. The number of nitrogens with two attached hydrogens (primary N) is 1. The van der Waals surface area contributed by atoms with Gasteiger partial charge in [0, 0.05) is 6.20 Å². The number of terminal acetylenes is 1. The molecule has 3 nitrogen and oxygen atoms in total. The van der Waals surface area contributed by atoms with Crippen molar-refractivity contribution in [3.63, 3.8) is 0 Å².